The van der Waals surface area contributed by atoms with Crippen molar-refractivity contribution in [1.29, 1.82) is 0 Å². The first-order chi connectivity index (χ1) is 9.19. The van der Waals surface area contributed by atoms with Crippen LogP contribution in [0.15, 0.2) is 5.16 Å². The quantitative estimate of drug-likeness (QED) is 0.317. The average molecular weight is 285 g/mol. The van der Waals surface area contributed by atoms with E-state index >= 15 is 0 Å². The van der Waals surface area contributed by atoms with Crippen molar-refractivity contribution in [3.63, 3.8) is 0 Å². The minimum atomic E-state index is -0.770. The van der Waals surface area contributed by atoms with Crippen LogP contribution in [0, 0.1) is 5.41 Å². The molecule has 0 radical (unpaired) electrons. The van der Waals surface area contributed by atoms with Crippen LogP contribution in [0.25, 0.3) is 0 Å². The number of amides is 1. The predicted molar refractivity (Wildman–Crippen MR) is 77.4 cm³/mol. The van der Waals surface area contributed by atoms with Crippen molar-refractivity contribution in [2.45, 2.75) is 50.2 Å². The minimum absolute atomic E-state index is 0.0635. The van der Waals surface area contributed by atoms with Gasteiger partial charge in [-0.15, -0.1) is 0 Å². The molecule has 0 spiro atoms. The number of nitrogens with two attached hydrogens (primary N) is 1. The molecule has 1 unspecified atom stereocenters. The number of rotatable bonds is 4. The first-order valence-corrected chi connectivity index (χ1v) is 8.12. The molecule has 108 valence electrons. The first-order valence-electron chi connectivity index (χ1n) is 7.07. The molecule has 1 heterocycles. The molecular weight excluding hydrogens is 262 g/mol. The maximum Gasteiger partial charge on any atom is 0.233 e. The van der Waals surface area contributed by atoms with Gasteiger partial charge >= 0.3 is 0 Å². The second-order valence-corrected chi connectivity index (χ2v) is 6.88. The highest BCUT2D eigenvalue weighted by molar-refractivity contribution is 7.99. The molecule has 2 rings (SSSR count). The third-order valence-corrected chi connectivity index (χ3v) is 5.65. The van der Waals surface area contributed by atoms with Crippen LogP contribution in [-0.4, -0.2) is 34.5 Å². The van der Waals surface area contributed by atoms with Crippen LogP contribution in [0.4, 0.5) is 0 Å². The zero-order valence-corrected chi connectivity index (χ0v) is 12.0. The zero-order valence-electron chi connectivity index (χ0n) is 11.2. The number of carbonyl (C=O) groups excluding carboxylic acids is 1. The molecule has 1 saturated carbocycles. The molecule has 0 aromatic carbocycles. The normalized spacial score (nSPS) is 27.2. The number of nitrogens with one attached hydrogen (secondary N) is 1. The standard InChI is InChI=1S/C13H23N3O2S/c14-11(16-18)13(6-2-3-7-13)12(17)15-9-10-5-1-4-8-19-10/h10,18H,1-9H2,(H2,14,16)(H,15,17). The van der Waals surface area contributed by atoms with Gasteiger partial charge in [-0.05, 0) is 31.4 Å². The largest absolute Gasteiger partial charge is 0.409 e. The van der Waals surface area contributed by atoms with Crippen LogP contribution in [0.1, 0.15) is 44.9 Å². The molecule has 1 aliphatic heterocycles. The zero-order chi connectivity index (χ0) is 13.7. The lowest BCUT2D eigenvalue weighted by Gasteiger charge is -2.28. The summed E-state index contributed by atoms with van der Waals surface area (Å²) in [7, 11) is 0. The summed E-state index contributed by atoms with van der Waals surface area (Å²) in [6, 6.07) is 0. The Morgan fingerprint density at radius 3 is 2.68 bits per heavy atom. The van der Waals surface area contributed by atoms with Gasteiger partial charge in [0.1, 0.15) is 5.41 Å². The van der Waals surface area contributed by atoms with Crippen molar-refractivity contribution in [3.8, 4) is 0 Å². The lowest BCUT2D eigenvalue weighted by Crippen LogP contribution is -2.49. The highest BCUT2D eigenvalue weighted by Gasteiger charge is 2.45. The number of hydrogen-bond acceptors (Lipinski definition) is 4. The first kappa shape index (κ1) is 14.5. The van der Waals surface area contributed by atoms with Crippen LogP contribution in [0.3, 0.4) is 0 Å². The number of thioether (sulfide) groups is 1. The third-order valence-electron chi connectivity index (χ3n) is 4.25. The predicted octanol–water partition coefficient (Wildman–Crippen LogP) is 1.70. The monoisotopic (exact) mass is 285 g/mol. The summed E-state index contributed by atoms with van der Waals surface area (Å²) in [5.41, 5.74) is 4.99. The van der Waals surface area contributed by atoms with Crippen molar-refractivity contribution >= 4 is 23.5 Å². The van der Waals surface area contributed by atoms with E-state index in [0.717, 1.165) is 12.8 Å². The average Bonchev–Trinajstić information content (AvgIpc) is 2.96. The van der Waals surface area contributed by atoms with Gasteiger partial charge in [-0.25, -0.2) is 0 Å². The van der Waals surface area contributed by atoms with Gasteiger partial charge in [0.15, 0.2) is 5.84 Å². The number of hydrogen-bond donors (Lipinski definition) is 3. The Morgan fingerprint density at radius 1 is 1.37 bits per heavy atom. The molecule has 1 atom stereocenters. The molecule has 0 aromatic rings. The molecule has 2 aliphatic rings. The van der Waals surface area contributed by atoms with E-state index < -0.39 is 5.41 Å². The molecule has 6 heteroatoms. The summed E-state index contributed by atoms with van der Waals surface area (Å²) in [4.78, 5) is 12.4. The van der Waals surface area contributed by atoms with Crippen molar-refractivity contribution in [2.24, 2.45) is 16.3 Å². The Balaban J connectivity index is 1.92. The van der Waals surface area contributed by atoms with E-state index in [1.165, 1.54) is 25.0 Å². The minimum Gasteiger partial charge on any atom is -0.409 e. The summed E-state index contributed by atoms with van der Waals surface area (Å²) < 4.78 is 0. The van der Waals surface area contributed by atoms with Crippen molar-refractivity contribution in [1.82, 2.24) is 5.32 Å². The molecule has 1 aliphatic carbocycles. The number of amidine groups is 1. The van der Waals surface area contributed by atoms with Gasteiger partial charge < -0.3 is 16.3 Å². The van der Waals surface area contributed by atoms with Gasteiger partial charge in [-0.3, -0.25) is 4.79 Å². The van der Waals surface area contributed by atoms with Crippen LogP contribution in [-0.2, 0) is 4.79 Å². The van der Waals surface area contributed by atoms with Gasteiger partial charge in [0.2, 0.25) is 5.91 Å². The van der Waals surface area contributed by atoms with E-state index in [9.17, 15) is 4.79 Å². The summed E-state index contributed by atoms with van der Waals surface area (Å²) in [5, 5.41) is 15.5. The topological polar surface area (TPSA) is 87.7 Å². The van der Waals surface area contributed by atoms with E-state index in [4.69, 9.17) is 10.9 Å². The molecule has 0 bridgehead atoms. The summed E-state index contributed by atoms with van der Waals surface area (Å²) in [6.45, 7) is 0.698. The van der Waals surface area contributed by atoms with Crippen LogP contribution >= 0.6 is 11.8 Å². The second-order valence-electron chi connectivity index (χ2n) is 5.47. The Labute approximate surface area is 118 Å². The molecule has 5 nitrogen and oxygen atoms in total. The van der Waals surface area contributed by atoms with E-state index in [1.807, 2.05) is 11.8 Å². The van der Waals surface area contributed by atoms with Gasteiger partial charge in [0.05, 0.1) is 0 Å². The molecule has 19 heavy (non-hydrogen) atoms. The Hall–Kier alpha value is -0.910. The number of carbonyl (C=O) groups is 1. The lowest BCUT2D eigenvalue weighted by atomic mass is 9.83. The maximum atomic E-state index is 12.4. The third kappa shape index (κ3) is 3.16. The van der Waals surface area contributed by atoms with Crippen molar-refractivity contribution in [3.05, 3.63) is 0 Å². The fourth-order valence-corrected chi connectivity index (χ4v) is 4.26. The molecule has 2 fully saturated rings. The summed E-state index contributed by atoms with van der Waals surface area (Å²) in [6.07, 6.45) is 6.99. The van der Waals surface area contributed by atoms with E-state index in [1.54, 1.807) is 0 Å². The smallest absolute Gasteiger partial charge is 0.233 e. The van der Waals surface area contributed by atoms with Crippen LogP contribution < -0.4 is 11.1 Å². The van der Waals surface area contributed by atoms with Crippen molar-refractivity contribution < 1.29 is 10.0 Å². The Kier molecular flexibility index (Phi) is 4.96. The van der Waals surface area contributed by atoms with Gasteiger partial charge in [0, 0.05) is 11.8 Å². The molecule has 1 saturated heterocycles. The molecule has 1 amide bonds. The molecule has 0 aromatic heterocycles. The van der Waals surface area contributed by atoms with Gasteiger partial charge in [0.25, 0.3) is 0 Å². The van der Waals surface area contributed by atoms with E-state index in [2.05, 4.69) is 10.5 Å². The summed E-state index contributed by atoms with van der Waals surface area (Å²) >= 11 is 1.94. The van der Waals surface area contributed by atoms with E-state index in [0.29, 0.717) is 24.6 Å². The maximum absolute atomic E-state index is 12.4. The molecule has 4 N–H and O–H groups in total. The van der Waals surface area contributed by atoms with E-state index in [-0.39, 0.29) is 11.7 Å². The number of oxime groups is 1. The fraction of sp³-hybridized carbons (Fsp3) is 0.846. The van der Waals surface area contributed by atoms with Crippen LogP contribution in [0.5, 0.6) is 0 Å². The lowest BCUT2D eigenvalue weighted by molar-refractivity contribution is -0.127. The van der Waals surface area contributed by atoms with Gasteiger partial charge in [-0.2, -0.15) is 11.8 Å². The molecular formula is C13H23N3O2S. The highest BCUT2D eigenvalue weighted by atomic mass is 32.2. The Morgan fingerprint density at radius 2 is 2.11 bits per heavy atom. The SMILES string of the molecule is NC(=NO)C1(C(=O)NCC2CCCCS2)CCCC1. The van der Waals surface area contributed by atoms with Gasteiger partial charge in [-0.1, -0.05) is 24.4 Å². The highest BCUT2D eigenvalue weighted by Crippen LogP contribution is 2.38. The number of nitrogens with zero attached hydrogens (tertiary/aromatic N) is 1. The van der Waals surface area contributed by atoms with Crippen LogP contribution in [0.2, 0.25) is 0 Å². The van der Waals surface area contributed by atoms with Crippen molar-refractivity contribution in [2.75, 3.05) is 12.3 Å². The summed E-state index contributed by atoms with van der Waals surface area (Å²) in [5.74, 6) is 1.19. The fourth-order valence-electron chi connectivity index (χ4n) is 3.02. The Bertz CT molecular complexity index is 348. The second kappa shape index (κ2) is 6.50.